The van der Waals surface area contributed by atoms with Gasteiger partial charge in [-0.2, -0.15) is 0 Å². The molecule has 1 aromatic heterocycles. The quantitative estimate of drug-likeness (QED) is 0.600. The predicted molar refractivity (Wildman–Crippen MR) is 80.0 cm³/mol. The lowest BCUT2D eigenvalue weighted by molar-refractivity contribution is 0.0948. The van der Waals surface area contributed by atoms with Gasteiger partial charge in [-0.25, -0.2) is 0 Å². The van der Waals surface area contributed by atoms with Gasteiger partial charge < -0.3 is 16.2 Å². The van der Waals surface area contributed by atoms with E-state index in [4.69, 9.17) is 5.73 Å². The van der Waals surface area contributed by atoms with Gasteiger partial charge in [0.2, 0.25) is 0 Å². The van der Waals surface area contributed by atoms with Crippen LogP contribution in [0.4, 0.5) is 5.69 Å². The second kappa shape index (κ2) is 5.17. The van der Waals surface area contributed by atoms with Crippen molar-refractivity contribution in [1.29, 1.82) is 0 Å². The molecule has 104 valence electrons. The fourth-order valence-electron chi connectivity index (χ4n) is 2.48. The van der Waals surface area contributed by atoms with Crippen LogP contribution in [0.25, 0.3) is 0 Å². The maximum atomic E-state index is 12.0. The molecule has 0 saturated carbocycles. The molecule has 0 unspecified atom stereocenters. The number of phenols is 1. The number of hydrogen-bond acceptors (Lipinski definition) is 4. The SMILES string of the molecule is Nc1cccc(C(=O)NCc2cc3c(s2)CCC3)c1O. The summed E-state index contributed by atoms with van der Waals surface area (Å²) >= 11 is 1.76. The second-order valence-corrected chi connectivity index (χ2v) is 6.16. The summed E-state index contributed by atoms with van der Waals surface area (Å²) in [7, 11) is 0. The van der Waals surface area contributed by atoms with Crippen molar-refractivity contribution in [2.45, 2.75) is 25.8 Å². The number of aromatic hydroxyl groups is 1. The summed E-state index contributed by atoms with van der Waals surface area (Å²) in [6, 6.07) is 6.96. The fraction of sp³-hybridized carbons (Fsp3) is 0.267. The van der Waals surface area contributed by atoms with E-state index in [1.165, 1.54) is 16.9 Å². The first-order chi connectivity index (χ1) is 9.65. The Bertz CT molecular complexity index is 642. The number of nitrogens with one attached hydrogen (secondary N) is 1. The van der Waals surface area contributed by atoms with E-state index in [0.29, 0.717) is 6.54 Å². The molecule has 3 rings (SSSR count). The molecule has 2 aromatic rings. The minimum atomic E-state index is -0.302. The van der Waals surface area contributed by atoms with Crippen molar-refractivity contribution < 1.29 is 9.90 Å². The third kappa shape index (κ3) is 2.36. The Labute approximate surface area is 121 Å². The Balaban J connectivity index is 1.68. The van der Waals surface area contributed by atoms with Gasteiger partial charge in [-0.05, 0) is 43.0 Å². The molecule has 0 spiro atoms. The van der Waals surface area contributed by atoms with E-state index in [1.807, 2.05) is 0 Å². The zero-order valence-corrected chi connectivity index (χ0v) is 11.8. The van der Waals surface area contributed by atoms with Crippen LogP contribution in [0.15, 0.2) is 24.3 Å². The molecule has 0 aliphatic heterocycles. The molecule has 1 amide bonds. The van der Waals surface area contributed by atoms with E-state index in [-0.39, 0.29) is 22.9 Å². The molecule has 0 atom stereocenters. The molecule has 0 fully saturated rings. The average molecular weight is 288 g/mol. The molecule has 5 heteroatoms. The normalized spacial score (nSPS) is 13.2. The summed E-state index contributed by atoms with van der Waals surface area (Å²) in [4.78, 5) is 14.6. The zero-order chi connectivity index (χ0) is 14.1. The number of nitrogen functional groups attached to an aromatic ring is 1. The molecule has 0 bridgehead atoms. The molecule has 1 heterocycles. The first-order valence-electron chi connectivity index (χ1n) is 6.61. The Kier molecular flexibility index (Phi) is 3.36. The van der Waals surface area contributed by atoms with Gasteiger partial charge in [-0.3, -0.25) is 4.79 Å². The number of thiophene rings is 1. The molecule has 20 heavy (non-hydrogen) atoms. The highest BCUT2D eigenvalue weighted by Gasteiger charge is 2.16. The Hall–Kier alpha value is -2.01. The predicted octanol–water partition coefficient (Wildman–Crippen LogP) is 2.45. The number of amides is 1. The molecular formula is C15H16N2O2S. The van der Waals surface area contributed by atoms with Gasteiger partial charge in [0.1, 0.15) is 0 Å². The molecule has 1 aliphatic carbocycles. The summed E-state index contributed by atoms with van der Waals surface area (Å²) in [5, 5.41) is 12.6. The maximum Gasteiger partial charge on any atom is 0.255 e. The number of phenolic OH excluding ortho intramolecular Hbond substituents is 1. The topological polar surface area (TPSA) is 75.4 Å². The van der Waals surface area contributed by atoms with Crippen LogP contribution in [0.5, 0.6) is 5.75 Å². The monoisotopic (exact) mass is 288 g/mol. The third-order valence-electron chi connectivity index (χ3n) is 3.53. The number of nitrogens with two attached hydrogens (primary N) is 1. The average Bonchev–Trinajstić information content (AvgIpc) is 3.00. The number of rotatable bonds is 3. The van der Waals surface area contributed by atoms with E-state index in [1.54, 1.807) is 29.5 Å². The summed E-state index contributed by atoms with van der Waals surface area (Å²) in [6.45, 7) is 0.491. The van der Waals surface area contributed by atoms with E-state index in [9.17, 15) is 9.90 Å². The van der Waals surface area contributed by atoms with Gasteiger partial charge in [0.25, 0.3) is 5.91 Å². The van der Waals surface area contributed by atoms with Gasteiger partial charge in [0.05, 0.1) is 17.8 Å². The van der Waals surface area contributed by atoms with Crippen LogP contribution in [0, 0.1) is 0 Å². The minimum absolute atomic E-state index is 0.154. The lowest BCUT2D eigenvalue weighted by atomic mass is 10.1. The van der Waals surface area contributed by atoms with Crippen molar-refractivity contribution in [2.24, 2.45) is 0 Å². The number of carbonyl (C=O) groups is 1. The minimum Gasteiger partial charge on any atom is -0.505 e. The molecule has 4 nitrogen and oxygen atoms in total. The van der Waals surface area contributed by atoms with Gasteiger partial charge in [-0.15, -0.1) is 11.3 Å². The van der Waals surface area contributed by atoms with Crippen molar-refractivity contribution in [2.75, 3.05) is 5.73 Å². The van der Waals surface area contributed by atoms with Gasteiger partial charge >= 0.3 is 0 Å². The lowest BCUT2D eigenvalue weighted by Gasteiger charge is -2.07. The smallest absolute Gasteiger partial charge is 0.255 e. The van der Waals surface area contributed by atoms with E-state index < -0.39 is 0 Å². The number of aryl methyl sites for hydroxylation is 2. The molecule has 1 aliphatic rings. The van der Waals surface area contributed by atoms with Crippen molar-refractivity contribution in [1.82, 2.24) is 5.32 Å². The summed E-state index contributed by atoms with van der Waals surface area (Å²) < 4.78 is 0. The summed E-state index contributed by atoms with van der Waals surface area (Å²) in [5.41, 5.74) is 7.44. The van der Waals surface area contributed by atoms with Gasteiger partial charge in [-0.1, -0.05) is 6.07 Å². The van der Waals surface area contributed by atoms with Crippen molar-refractivity contribution in [3.05, 3.63) is 45.1 Å². The van der Waals surface area contributed by atoms with Crippen molar-refractivity contribution in [3.63, 3.8) is 0 Å². The largest absolute Gasteiger partial charge is 0.505 e. The standard InChI is InChI=1S/C15H16N2O2S/c16-12-5-2-4-11(14(12)18)15(19)17-8-10-7-9-3-1-6-13(9)20-10/h2,4-5,7,18H,1,3,6,8,16H2,(H,17,19). The first kappa shape index (κ1) is 13.0. The first-order valence-corrected chi connectivity index (χ1v) is 7.43. The molecule has 0 radical (unpaired) electrons. The number of para-hydroxylation sites is 1. The van der Waals surface area contributed by atoms with Gasteiger partial charge in [0, 0.05) is 9.75 Å². The highest BCUT2D eigenvalue weighted by molar-refractivity contribution is 7.12. The molecule has 0 saturated heterocycles. The van der Waals surface area contributed by atoms with Crippen LogP contribution < -0.4 is 11.1 Å². The highest BCUT2D eigenvalue weighted by Crippen LogP contribution is 2.30. The number of fused-ring (bicyclic) bond motifs is 1. The van der Waals surface area contributed by atoms with E-state index in [0.717, 1.165) is 17.7 Å². The van der Waals surface area contributed by atoms with Crippen molar-refractivity contribution >= 4 is 22.9 Å². The summed E-state index contributed by atoms with van der Waals surface area (Å²) in [5.74, 6) is -0.456. The molecule has 4 N–H and O–H groups in total. The van der Waals surface area contributed by atoms with Crippen LogP contribution in [-0.4, -0.2) is 11.0 Å². The Morgan fingerprint density at radius 1 is 1.40 bits per heavy atom. The molecule has 1 aromatic carbocycles. The Morgan fingerprint density at radius 2 is 2.25 bits per heavy atom. The Morgan fingerprint density at radius 3 is 3.05 bits per heavy atom. The van der Waals surface area contributed by atoms with Crippen molar-refractivity contribution in [3.8, 4) is 5.75 Å². The van der Waals surface area contributed by atoms with Crippen LogP contribution in [-0.2, 0) is 19.4 Å². The van der Waals surface area contributed by atoms with Crippen LogP contribution in [0.2, 0.25) is 0 Å². The third-order valence-corrected chi connectivity index (χ3v) is 4.77. The van der Waals surface area contributed by atoms with Crippen LogP contribution in [0.1, 0.15) is 32.1 Å². The summed E-state index contributed by atoms with van der Waals surface area (Å²) in [6.07, 6.45) is 3.55. The van der Waals surface area contributed by atoms with Crippen LogP contribution >= 0.6 is 11.3 Å². The maximum absolute atomic E-state index is 12.0. The zero-order valence-electron chi connectivity index (χ0n) is 11.0. The number of hydrogen-bond donors (Lipinski definition) is 3. The fourth-order valence-corrected chi connectivity index (χ4v) is 3.69. The molecular weight excluding hydrogens is 272 g/mol. The van der Waals surface area contributed by atoms with Crippen LogP contribution in [0.3, 0.4) is 0 Å². The van der Waals surface area contributed by atoms with E-state index in [2.05, 4.69) is 11.4 Å². The van der Waals surface area contributed by atoms with Gasteiger partial charge in [0.15, 0.2) is 5.75 Å². The van der Waals surface area contributed by atoms with E-state index >= 15 is 0 Å². The number of carbonyl (C=O) groups excluding carboxylic acids is 1. The number of benzene rings is 1. The number of anilines is 1. The lowest BCUT2D eigenvalue weighted by Crippen LogP contribution is -2.22. The highest BCUT2D eigenvalue weighted by atomic mass is 32.1. The second-order valence-electron chi connectivity index (χ2n) is 4.94.